The molecule has 0 aliphatic carbocycles. The molecule has 0 aromatic carbocycles. The quantitative estimate of drug-likeness (QED) is 0.713. The first kappa shape index (κ1) is 10.5. The Bertz CT molecular complexity index is 527. The predicted octanol–water partition coefficient (Wildman–Crippen LogP) is 1.48. The molecule has 2 heterocycles. The maximum atomic E-state index is 11.1. The van der Waals surface area contributed by atoms with Crippen LogP contribution in [0.2, 0.25) is 0 Å². The van der Waals surface area contributed by atoms with E-state index >= 15 is 0 Å². The molecule has 0 spiro atoms. The van der Waals surface area contributed by atoms with Crippen LogP contribution in [0.1, 0.15) is 29.1 Å². The van der Waals surface area contributed by atoms with Gasteiger partial charge in [0.1, 0.15) is 17.3 Å². The van der Waals surface area contributed by atoms with Crippen molar-refractivity contribution >= 4 is 5.78 Å². The van der Waals surface area contributed by atoms with Crippen LogP contribution in [-0.4, -0.2) is 25.5 Å². The van der Waals surface area contributed by atoms with E-state index in [0.717, 1.165) is 11.5 Å². The van der Waals surface area contributed by atoms with Gasteiger partial charge in [-0.1, -0.05) is 0 Å². The number of hydrogen-bond donors (Lipinski definition) is 0. The monoisotopic (exact) mass is 216 g/mol. The third-order valence-electron chi connectivity index (χ3n) is 2.23. The van der Waals surface area contributed by atoms with Crippen LogP contribution in [0.5, 0.6) is 0 Å². The predicted molar refractivity (Wildman–Crippen MR) is 58.6 cm³/mol. The normalized spacial score (nSPS) is 10.4. The number of nitrogens with zero attached hydrogens (tertiary/aromatic N) is 4. The van der Waals surface area contributed by atoms with Crippen molar-refractivity contribution in [2.24, 2.45) is 0 Å². The molecular formula is C11H12N4O. The number of carbonyl (C=O) groups is 1. The number of pyridine rings is 1. The molecule has 0 unspecified atom stereocenters. The summed E-state index contributed by atoms with van der Waals surface area (Å²) in [5, 5.41) is 4.24. The first-order chi connectivity index (χ1) is 7.58. The Kier molecular flexibility index (Phi) is 2.52. The lowest BCUT2D eigenvalue weighted by atomic mass is 10.2. The average Bonchev–Trinajstić information content (AvgIpc) is 2.58. The van der Waals surface area contributed by atoms with E-state index in [9.17, 15) is 4.79 Å². The van der Waals surface area contributed by atoms with Gasteiger partial charge in [0.15, 0.2) is 5.78 Å². The fourth-order valence-electron chi connectivity index (χ4n) is 1.49. The lowest BCUT2D eigenvalue weighted by molar-refractivity contribution is 0.101. The van der Waals surface area contributed by atoms with E-state index in [2.05, 4.69) is 15.1 Å². The summed E-state index contributed by atoms with van der Waals surface area (Å²) in [5.41, 5.74) is 1.27. The Morgan fingerprint density at radius 1 is 1.31 bits per heavy atom. The Morgan fingerprint density at radius 2 is 2.06 bits per heavy atom. The fourth-order valence-corrected chi connectivity index (χ4v) is 1.49. The van der Waals surface area contributed by atoms with Crippen LogP contribution in [0.15, 0.2) is 18.3 Å². The average molecular weight is 216 g/mol. The molecule has 0 saturated heterocycles. The van der Waals surface area contributed by atoms with Gasteiger partial charge in [-0.3, -0.25) is 9.78 Å². The molecule has 16 heavy (non-hydrogen) atoms. The van der Waals surface area contributed by atoms with Gasteiger partial charge in [-0.15, -0.1) is 0 Å². The van der Waals surface area contributed by atoms with Crippen molar-refractivity contribution in [1.82, 2.24) is 19.7 Å². The number of aryl methyl sites for hydroxylation is 2. The van der Waals surface area contributed by atoms with Gasteiger partial charge in [-0.2, -0.15) is 5.10 Å². The second kappa shape index (κ2) is 3.84. The number of ketones is 1. The third-order valence-corrected chi connectivity index (χ3v) is 2.23. The van der Waals surface area contributed by atoms with E-state index < -0.39 is 0 Å². The molecule has 0 fully saturated rings. The maximum Gasteiger partial charge on any atom is 0.178 e. The molecule has 5 heteroatoms. The second-order valence-corrected chi connectivity index (χ2v) is 3.58. The summed E-state index contributed by atoms with van der Waals surface area (Å²) in [5.74, 6) is 1.47. The molecule has 0 amide bonds. The molecule has 0 aliphatic rings. The smallest absolute Gasteiger partial charge is 0.178 e. The Hall–Kier alpha value is -2.04. The van der Waals surface area contributed by atoms with Crippen molar-refractivity contribution in [3.05, 3.63) is 35.7 Å². The van der Waals surface area contributed by atoms with Gasteiger partial charge in [0.25, 0.3) is 0 Å². The van der Waals surface area contributed by atoms with Crippen molar-refractivity contribution in [1.29, 1.82) is 0 Å². The largest absolute Gasteiger partial charge is 0.293 e. The molecule has 5 nitrogen and oxygen atoms in total. The molecule has 0 radical (unpaired) electrons. The Balaban J connectivity index is 2.42. The van der Waals surface area contributed by atoms with E-state index in [4.69, 9.17) is 0 Å². The molecule has 0 N–H and O–H groups in total. The first-order valence-corrected chi connectivity index (χ1v) is 4.95. The number of carbonyl (C=O) groups excluding carboxylic acids is 1. The van der Waals surface area contributed by atoms with E-state index in [1.165, 1.54) is 6.92 Å². The first-order valence-electron chi connectivity index (χ1n) is 4.95. The van der Waals surface area contributed by atoms with Crippen LogP contribution >= 0.6 is 0 Å². The fraction of sp³-hybridized carbons (Fsp3) is 0.273. The third kappa shape index (κ3) is 1.84. The molecule has 2 aromatic rings. The molecular weight excluding hydrogens is 204 g/mol. The topological polar surface area (TPSA) is 60.7 Å². The van der Waals surface area contributed by atoms with Crippen LogP contribution in [-0.2, 0) is 0 Å². The summed E-state index contributed by atoms with van der Waals surface area (Å²) < 4.78 is 1.70. The summed E-state index contributed by atoms with van der Waals surface area (Å²) in [6.45, 7) is 5.20. The highest BCUT2D eigenvalue weighted by atomic mass is 16.1. The minimum absolute atomic E-state index is 0.0435. The molecule has 0 aliphatic heterocycles. The van der Waals surface area contributed by atoms with Crippen molar-refractivity contribution < 1.29 is 4.79 Å². The Labute approximate surface area is 93.2 Å². The van der Waals surface area contributed by atoms with Crippen LogP contribution < -0.4 is 0 Å². The van der Waals surface area contributed by atoms with Crippen molar-refractivity contribution in [2.75, 3.05) is 0 Å². The van der Waals surface area contributed by atoms with E-state index in [1.807, 2.05) is 19.9 Å². The SMILES string of the molecule is CC(=O)c1ccc(-n2nc(C)nc2C)cn1. The number of rotatable bonds is 2. The molecule has 2 aromatic heterocycles. The van der Waals surface area contributed by atoms with Gasteiger partial charge in [-0.25, -0.2) is 9.67 Å². The van der Waals surface area contributed by atoms with Crippen molar-refractivity contribution in [2.45, 2.75) is 20.8 Å². The van der Waals surface area contributed by atoms with Gasteiger partial charge in [0, 0.05) is 6.92 Å². The molecule has 2 rings (SSSR count). The van der Waals surface area contributed by atoms with Gasteiger partial charge in [0.05, 0.1) is 11.9 Å². The Morgan fingerprint density at radius 3 is 2.50 bits per heavy atom. The molecule has 82 valence electrons. The highest BCUT2D eigenvalue weighted by Gasteiger charge is 2.06. The number of aromatic nitrogens is 4. The van der Waals surface area contributed by atoms with E-state index in [0.29, 0.717) is 11.5 Å². The number of Topliss-reactive ketones (excluding diaryl/α,β-unsaturated/α-hetero) is 1. The van der Waals surface area contributed by atoms with E-state index in [1.54, 1.807) is 16.9 Å². The van der Waals surface area contributed by atoms with Crippen LogP contribution in [0.3, 0.4) is 0 Å². The minimum Gasteiger partial charge on any atom is -0.293 e. The van der Waals surface area contributed by atoms with Gasteiger partial charge < -0.3 is 0 Å². The summed E-state index contributed by atoms with van der Waals surface area (Å²) in [4.78, 5) is 19.3. The zero-order valence-corrected chi connectivity index (χ0v) is 9.43. The molecule has 0 bridgehead atoms. The van der Waals surface area contributed by atoms with Gasteiger partial charge in [0.2, 0.25) is 0 Å². The summed E-state index contributed by atoms with van der Waals surface area (Å²) in [6.07, 6.45) is 1.62. The highest BCUT2D eigenvalue weighted by molar-refractivity contribution is 5.92. The van der Waals surface area contributed by atoms with Crippen molar-refractivity contribution in [3.63, 3.8) is 0 Å². The maximum absolute atomic E-state index is 11.1. The van der Waals surface area contributed by atoms with Crippen LogP contribution in [0, 0.1) is 13.8 Å². The second-order valence-electron chi connectivity index (χ2n) is 3.58. The molecule has 0 saturated carbocycles. The van der Waals surface area contributed by atoms with Gasteiger partial charge in [-0.05, 0) is 26.0 Å². The zero-order chi connectivity index (χ0) is 11.7. The zero-order valence-electron chi connectivity index (χ0n) is 9.43. The summed E-state index contributed by atoms with van der Waals surface area (Å²) >= 11 is 0. The van der Waals surface area contributed by atoms with Crippen LogP contribution in [0.4, 0.5) is 0 Å². The van der Waals surface area contributed by atoms with Crippen molar-refractivity contribution in [3.8, 4) is 5.69 Å². The summed E-state index contributed by atoms with van der Waals surface area (Å²) in [7, 11) is 0. The lowest BCUT2D eigenvalue weighted by Gasteiger charge is -2.02. The highest BCUT2D eigenvalue weighted by Crippen LogP contribution is 2.08. The summed E-state index contributed by atoms with van der Waals surface area (Å²) in [6, 6.07) is 3.50. The van der Waals surface area contributed by atoms with Crippen LogP contribution in [0.25, 0.3) is 5.69 Å². The number of hydrogen-bond acceptors (Lipinski definition) is 4. The van der Waals surface area contributed by atoms with E-state index in [-0.39, 0.29) is 5.78 Å². The lowest BCUT2D eigenvalue weighted by Crippen LogP contribution is -2.02. The van der Waals surface area contributed by atoms with Gasteiger partial charge >= 0.3 is 0 Å². The minimum atomic E-state index is -0.0435. The molecule has 0 atom stereocenters. The standard InChI is InChI=1S/C11H12N4O/c1-7(16)11-5-4-10(6-12-11)15-9(3)13-8(2)14-15/h4-6H,1-3H3.